The van der Waals surface area contributed by atoms with Gasteiger partial charge in [-0.25, -0.2) is 4.79 Å². The molecule has 0 aliphatic heterocycles. The normalized spacial score (nSPS) is 31.6. The van der Waals surface area contributed by atoms with Crippen LogP contribution in [0.15, 0.2) is 113 Å². The Labute approximate surface area is 383 Å². The van der Waals surface area contributed by atoms with Crippen LogP contribution in [0.4, 0.5) is 31.1 Å². The van der Waals surface area contributed by atoms with Gasteiger partial charge in [-0.05, 0) is 123 Å². The molecule has 3 aromatic carbocycles. The maximum absolute atomic E-state index is 15.2. The van der Waals surface area contributed by atoms with Crippen molar-refractivity contribution in [1.82, 2.24) is 10.2 Å². The lowest BCUT2D eigenvalue weighted by Crippen LogP contribution is -2.67. The standard InChI is InChI=1S/C51H51ClF6N2O6/c1-30(32-7-5-4-6-8-32)59-44(63)60(28-31-9-12-35(13-10-31)66-51(56,57)58)29-48(64)22-19-42-46(48,3)21-18-41-45(2)20-17-34(61)26-47(45)23-24-49(41,42)37(27-47)43(62)40-16-15-39(65-40)36-25-33(50(53,54)55)11-14-38(36)52/h4-16,23-25,27,30,34,41-42,61,64H,17-22,26,28-29H2,1-3H3,(H,59,63)/t30-,34?,41-,42-,45-,46+,47+,48-,49-/m1/s1. The molecule has 1 aromatic heterocycles. The lowest BCUT2D eigenvalue weighted by molar-refractivity contribution is -0.274. The minimum absolute atomic E-state index is 0.0112. The van der Waals surface area contributed by atoms with E-state index in [1.807, 2.05) is 50.3 Å². The molecule has 8 nitrogen and oxygen atoms in total. The van der Waals surface area contributed by atoms with Crippen LogP contribution in [-0.2, 0) is 12.7 Å². The number of ether oxygens (including phenoxy) is 1. The maximum atomic E-state index is 15.2. The van der Waals surface area contributed by atoms with Gasteiger partial charge in [-0.2, -0.15) is 13.2 Å². The van der Waals surface area contributed by atoms with Gasteiger partial charge in [-0.3, -0.25) is 4.79 Å². The fourth-order valence-electron chi connectivity index (χ4n) is 12.9. The van der Waals surface area contributed by atoms with E-state index in [0.29, 0.717) is 49.7 Å². The zero-order valence-corrected chi connectivity index (χ0v) is 37.4. The molecule has 350 valence electrons. The minimum atomic E-state index is -4.89. The Morgan fingerprint density at radius 2 is 1.58 bits per heavy atom. The van der Waals surface area contributed by atoms with Crippen molar-refractivity contribution in [2.24, 2.45) is 33.5 Å². The smallest absolute Gasteiger partial charge is 0.453 e. The van der Waals surface area contributed by atoms with E-state index < -0.39 is 69.7 Å². The van der Waals surface area contributed by atoms with E-state index >= 15 is 4.79 Å². The number of fused-ring (bicyclic) bond motifs is 1. The number of halogens is 7. The average molecular weight is 937 g/mol. The second-order valence-corrected chi connectivity index (χ2v) is 20.0. The number of alkyl halides is 6. The highest BCUT2D eigenvalue weighted by atomic mass is 35.5. The molecule has 2 spiro atoms. The summed E-state index contributed by atoms with van der Waals surface area (Å²) in [6.45, 7) is 5.88. The van der Waals surface area contributed by atoms with E-state index in [9.17, 15) is 41.4 Å². The Bertz CT molecular complexity index is 2600. The number of nitrogens with zero attached hydrogens (tertiary/aromatic N) is 1. The van der Waals surface area contributed by atoms with Gasteiger partial charge in [0.25, 0.3) is 0 Å². The number of ketones is 1. The number of amides is 2. The van der Waals surface area contributed by atoms with Crippen molar-refractivity contribution in [2.75, 3.05) is 6.54 Å². The number of furan rings is 1. The van der Waals surface area contributed by atoms with E-state index in [-0.39, 0.29) is 58.9 Å². The summed E-state index contributed by atoms with van der Waals surface area (Å²) in [5.41, 5.74) is -3.58. The first kappa shape index (κ1) is 46.1. The summed E-state index contributed by atoms with van der Waals surface area (Å²) < 4.78 is 90.6. The first-order valence-electron chi connectivity index (χ1n) is 22.3. The molecular formula is C51H51ClF6N2O6. The van der Waals surface area contributed by atoms with E-state index in [1.165, 1.54) is 41.3 Å². The first-order chi connectivity index (χ1) is 31.0. The number of carbonyl (C=O) groups excluding carboxylic acids is 2. The van der Waals surface area contributed by atoms with Gasteiger partial charge < -0.3 is 29.6 Å². The first-order valence-corrected chi connectivity index (χ1v) is 22.7. The lowest BCUT2D eigenvalue weighted by Gasteiger charge is -2.71. The number of Topliss-reactive ketones (excluding diaryl/α,β-unsaturated/α-hetero) is 1. The van der Waals surface area contributed by atoms with Crippen molar-refractivity contribution < 1.29 is 55.3 Å². The van der Waals surface area contributed by atoms with Gasteiger partial charge in [-0.15, -0.1) is 13.2 Å². The Morgan fingerprint density at radius 3 is 2.27 bits per heavy atom. The summed E-state index contributed by atoms with van der Waals surface area (Å²) >= 11 is 6.40. The molecule has 9 atom stereocenters. The van der Waals surface area contributed by atoms with Crippen LogP contribution in [0.5, 0.6) is 5.75 Å². The summed E-state index contributed by atoms with van der Waals surface area (Å²) in [5.74, 6) is -1.42. The topological polar surface area (TPSA) is 112 Å². The molecule has 3 fully saturated rings. The zero-order chi connectivity index (χ0) is 47.2. The van der Waals surface area contributed by atoms with Crippen LogP contribution in [0, 0.1) is 33.5 Å². The number of hydrogen-bond acceptors (Lipinski definition) is 6. The molecular weight excluding hydrogens is 886 g/mol. The van der Waals surface area contributed by atoms with Crippen molar-refractivity contribution in [3.05, 3.63) is 136 Å². The van der Waals surface area contributed by atoms with Crippen LogP contribution in [0.2, 0.25) is 5.02 Å². The Balaban J connectivity index is 1.08. The quantitative estimate of drug-likeness (QED) is 0.0829. The van der Waals surface area contributed by atoms with Crippen molar-refractivity contribution in [2.45, 2.75) is 103 Å². The number of urea groups is 1. The highest BCUT2D eigenvalue weighted by Crippen LogP contribution is 2.78. The fraction of sp³-hybridized carbons (Fsp3) is 0.451. The predicted molar refractivity (Wildman–Crippen MR) is 234 cm³/mol. The largest absolute Gasteiger partial charge is 0.573 e. The molecule has 6 aliphatic carbocycles. The second-order valence-electron chi connectivity index (χ2n) is 19.6. The molecule has 66 heavy (non-hydrogen) atoms. The third kappa shape index (κ3) is 7.55. The fourth-order valence-corrected chi connectivity index (χ4v) is 13.1. The van der Waals surface area contributed by atoms with Gasteiger partial charge in [0.05, 0.1) is 34.9 Å². The molecule has 3 saturated carbocycles. The molecule has 2 bridgehead atoms. The number of nitrogens with one attached hydrogen (secondary N) is 1. The summed E-state index contributed by atoms with van der Waals surface area (Å²) in [4.78, 5) is 31.1. The van der Waals surface area contributed by atoms with Gasteiger partial charge in [0.2, 0.25) is 5.78 Å². The monoisotopic (exact) mass is 936 g/mol. The van der Waals surface area contributed by atoms with E-state index in [2.05, 4.69) is 29.1 Å². The van der Waals surface area contributed by atoms with Gasteiger partial charge in [0, 0.05) is 33.9 Å². The number of hydrogen-bond donors (Lipinski definition) is 3. The Hall–Kier alpha value is -5.05. The molecule has 1 unspecified atom stereocenters. The van der Waals surface area contributed by atoms with Gasteiger partial charge in [0.15, 0.2) is 5.76 Å². The van der Waals surface area contributed by atoms with Crippen molar-refractivity contribution in [3.63, 3.8) is 0 Å². The zero-order valence-electron chi connectivity index (χ0n) is 36.6. The second kappa shape index (κ2) is 16.0. The third-order valence-electron chi connectivity index (χ3n) is 16.3. The molecule has 0 radical (unpaired) electrons. The van der Waals surface area contributed by atoms with E-state index in [1.54, 1.807) is 0 Å². The predicted octanol–water partition coefficient (Wildman–Crippen LogP) is 12.3. The molecule has 1 heterocycles. The van der Waals surface area contributed by atoms with Crippen molar-refractivity contribution >= 4 is 23.4 Å². The summed E-state index contributed by atoms with van der Waals surface area (Å²) in [6, 6.07) is 19.4. The number of carbonyl (C=O) groups is 2. The van der Waals surface area contributed by atoms with E-state index in [0.717, 1.165) is 23.8 Å². The molecule has 3 N–H and O–H groups in total. The minimum Gasteiger partial charge on any atom is -0.453 e. The Kier molecular flexibility index (Phi) is 11.2. The summed E-state index contributed by atoms with van der Waals surface area (Å²) in [5, 5.41) is 27.5. The molecule has 4 aromatic rings. The molecule has 0 saturated heterocycles. The maximum Gasteiger partial charge on any atom is 0.573 e. The van der Waals surface area contributed by atoms with Crippen LogP contribution in [0.1, 0.15) is 99.0 Å². The molecule has 10 rings (SSSR count). The van der Waals surface area contributed by atoms with Crippen LogP contribution in [0.3, 0.4) is 0 Å². The molecule has 2 amide bonds. The van der Waals surface area contributed by atoms with Crippen LogP contribution >= 0.6 is 11.6 Å². The summed E-state index contributed by atoms with van der Waals surface area (Å²) in [7, 11) is 0. The highest BCUT2D eigenvalue weighted by molar-refractivity contribution is 6.33. The van der Waals surface area contributed by atoms with Gasteiger partial charge in [0.1, 0.15) is 11.5 Å². The number of benzene rings is 3. The summed E-state index contributed by atoms with van der Waals surface area (Å²) in [6.07, 6.45) is -0.371. The Morgan fingerprint density at radius 1 is 0.894 bits per heavy atom. The number of rotatable bonds is 10. The third-order valence-corrected chi connectivity index (χ3v) is 16.6. The highest BCUT2D eigenvalue weighted by Gasteiger charge is 2.74. The number of aliphatic hydroxyl groups excluding tert-OH is 1. The van der Waals surface area contributed by atoms with Crippen molar-refractivity contribution in [1.29, 1.82) is 0 Å². The number of allylic oxidation sites excluding steroid dienone is 4. The van der Waals surface area contributed by atoms with Crippen LogP contribution < -0.4 is 10.1 Å². The van der Waals surface area contributed by atoms with Crippen LogP contribution in [-0.4, -0.2) is 51.5 Å². The number of aliphatic hydroxyl groups is 2. The molecule has 6 aliphatic rings. The SMILES string of the molecule is C[C@@H](NC(=O)N(Cc1ccc(OC(F)(F)F)cc1)C[C@]1(O)CC[C@H]2[C@]34C=C[C@@]5(C=C3C(=O)c3ccc(-c6cc(C(F)(F)F)ccc6Cl)o3)CC(O)CC[C@]5(C)[C@H]4CC[C@@]21C)c1ccccc1. The van der Waals surface area contributed by atoms with Gasteiger partial charge >= 0.3 is 18.6 Å². The van der Waals surface area contributed by atoms with E-state index in [4.69, 9.17) is 16.0 Å². The molecule has 15 heteroatoms. The lowest BCUT2D eigenvalue weighted by atomic mass is 9.32. The van der Waals surface area contributed by atoms with Gasteiger partial charge in [-0.1, -0.05) is 86.1 Å². The van der Waals surface area contributed by atoms with Crippen LogP contribution in [0.25, 0.3) is 11.3 Å². The van der Waals surface area contributed by atoms with Crippen molar-refractivity contribution in [3.8, 4) is 17.1 Å². The average Bonchev–Trinajstić information content (AvgIpc) is 3.85.